The zero-order chi connectivity index (χ0) is 12.7. The molecule has 0 bridgehead atoms. The van der Waals surface area contributed by atoms with Crippen molar-refractivity contribution in [1.29, 1.82) is 0 Å². The maximum atomic E-state index is 5.79. The lowest BCUT2D eigenvalue weighted by Crippen LogP contribution is -2.46. The Morgan fingerprint density at radius 1 is 0.667 bits per heavy atom. The lowest BCUT2D eigenvalue weighted by molar-refractivity contribution is 0.638. The summed E-state index contributed by atoms with van der Waals surface area (Å²) in [4.78, 5) is -2.30. The lowest BCUT2D eigenvalue weighted by Gasteiger charge is -2.36. The molecule has 15 heavy (non-hydrogen) atoms. The normalized spacial score (nSPS) is 15.3. The second-order valence-corrected chi connectivity index (χ2v) is 14.2. The highest BCUT2D eigenvalue weighted by atomic mass is 36.0. The average Bonchev–Trinajstić information content (AvgIpc) is 1.77. The van der Waals surface area contributed by atoms with Crippen LogP contribution in [0.25, 0.3) is 0 Å². The molecule has 0 aliphatic heterocycles. The van der Waals surface area contributed by atoms with E-state index in [1.807, 2.05) is 0 Å². The minimum Gasteiger partial charge on any atom is -0.228 e. The van der Waals surface area contributed by atoms with Crippen LogP contribution in [0.5, 0.6) is 0 Å². The number of halogens is 10. The Kier molecular flexibility index (Phi) is 6.81. The highest BCUT2D eigenvalue weighted by molar-refractivity contribution is 8.26. The van der Waals surface area contributed by atoms with Gasteiger partial charge in [0.25, 0.3) is 0 Å². The maximum absolute atomic E-state index is 5.79. The number of hydrogen-bond acceptors (Lipinski definition) is 1. The fourth-order valence-electron chi connectivity index (χ4n) is 0.430. The molecule has 0 aliphatic carbocycles. The van der Waals surface area contributed by atoms with E-state index in [0.29, 0.717) is 0 Å². The molecular formula is C3Cl10NP. The summed E-state index contributed by atoms with van der Waals surface area (Å²) in [7, 11) is 0. The van der Waals surface area contributed by atoms with Crippen LogP contribution in [0.1, 0.15) is 0 Å². The van der Waals surface area contributed by atoms with Crippen molar-refractivity contribution in [2.75, 3.05) is 0 Å². The third-order valence-corrected chi connectivity index (χ3v) is 5.20. The Bertz CT molecular complexity index is 258. The number of alkyl halides is 7. The predicted octanol–water partition coefficient (Wildman–Crippen LogP) is 7.32. The van der Waals surface area contributed by atoms with E-state index in [2.05, 4.69) is 4.74 Å². The van der Waals surface area contributed by atoms with Crippen LogP contribution in [-0.2, 0) is 0 Å². The Morgan fingerprint density at radius 2 is 0.933 bits per heavy atom. The molecule has 12 heteroatoms. The molecule has 0 saturated heterocycles. The van der Waals surface area contributed by atoms with Gasteiger partial charge in [-0.15, -0.1) is 0 Å². The standard InChI is InChI=1S/C3Cl10NP/c4-1(2(5,6)7,3(8,9)10)14-15(11,12)13. The van der Waals surface area contributed by atoms with Gasteiger partial charge in [0.2, 0.25) is 17.7 Å². The fraction of sp³-hybridized carbons (Fsp3) is 1.00. The molecule has 0 aromatic heterocycles. The summed E-state index contributed by atoms with van der Waals surface area (Å²) in [5, 5.41) is -3.33. The molecule has 0 aromatic carbocycles. The van der Waals surface area contributed by atoms with Crippen LogP contribution in [0.4, 0.5) is 0 Å². The summed E-state index contributed by atoms with van der Waals surface area (Å²) in [6, 6.07) is 0. The van der Waals surface area contributed by atoms with Crippen molar-refractivity contribution in [3.8, 4) is 0 Å². The molecule has 92 valence electrons. The first kappa shape index (κ1) is 18.1. The second kappa shape index (κ2) is 5.63. The Hall–Kier alpha value is 3.13. The summed E-state index contributed by atoms with van der Waals surface area (Å²) < 4.78 is -1.06. The van der Waals surface area contributed by atoms with Gasteiger partial charge in [0.15, 0.2) is 0 Å². The van der Waals surface area contributed by atoms with Gasteiger partial charge in [0, 0.05) is 0 Å². The van der Waals surface area contributed by atoms with E-state index >= 15 is 0 Å². The van der Waals surface area contributed by atoms with E-state index in [0.717, 1.165) is 0 Å². The monoisotopic (exact) mass is 431 g/mol. The van der Waals surface area contributed by atoms with Crippen LogP contribution < -0.4 is 0 Å². The lowest BCUT2D eigenvalue weighted by atomic mass is 10.4. The smallest absolute Gasteiger partial charge is 0.228 e. The third-order valence-electron chi connectivity index (χ3n) is 1.00. The van der Waals surface area contributed by atoms with Crippen LogP contribution in [0.3, 0.4) is 0 Å². The Morgan fingerprint density at radius 3 is 1.00 bits per heavy atom. The largest absolute Gasteiger partial charge is 0.233 e. The molecule has 0 aliphatic rings. The molecular weight excluding hydrogens is 436 g/mol. The minimum atomic E-state index is -3.33. The summed E-state index contributed by atoms with van der Waals surface area (Å²) in [5.74, 6) is 0. The van der Waals surface area contributed by atoms with Crippen molar-refractivity contribution in [2.24, 2.45) is 4.74 Å². The van der Waals surface area contributed by atoms with Crippen molar-refractivity contribution in [3.05, 3.63) is 0 Å². The first-order valence-electron chi connectivity index (χ1n) is 2.75. The predicted molar refractivity (Wildman–Crippen MR) is 76.1 cm³/mol. The minimum absolute atomic E-state index is 2.26. The van der Waals surface area contributed by atoms with E-state index in [-0.39, 0.29) is 0 Å². The molecule has 0 unspecified atom stereocenters. The SMILES string of the molecule is ClC(Cl)(Cl)C(Cl)(N=P(Cl)(Cl)Cl)C(Cl)(Cl)Cl. The first-order chi connectivity index (χ1) is 6.21. The van der Waals surface area contributed by atoms with Gasteiger partial charge in [-0.3, -0.25) is 0 Å². The quantitative estimate of drug-likeness (QED) is 0.232. The highest BCUT2D eigenvalue weighted by Gasteiger charge is 2.61. The van der Waals surface area contributed by atoms with Gasteiger partial charge in [0.05, 0.1) is 0 Å². The molecule has 0 rings (SSSR count). The molecule has 0 spiro atoms. The Balaban J connectivity index is 5.67. The van der Waals surface area contributed by atoms with Gasteiger partial charge in [0.1, 0.15) is 0 Å². The topological polar surface area (TPSA) is 12.4 Å². The zero-order valence-corrected chi connectivity index (χ0v) is 14.6. The van der Waals surface area contributed by atoms with Gasteiger partial charge in [-0.1, -0.05) is 81.2 Å². The van der Waals surface area contributed by atoms with E-state index in [9.17, 15) is 0 Å². The molecule has 0 atom stereocenters. The van der Waals surface area contributed by atoms with Gasteiger partial charge in [-0.2, -0.15) is 0 Å². The highest BCUT2D eigenvalue weighted by Crippen LogP contribution is 2.70. The zero-order valence-electron chi connectivity index (χ0n) is 6.17. The van der Waals surface area contributed by atoms with Gasteiger partial charge in [-0.25, -0.2) is 4.74 Å². The van der Waals surface area contributed by atoms with Crippen molar-refractivity contribution in [2.45, 2.75) is 12.6 Å². The summed E-state index contributed by atoms with van der Waals surface area (Å²) >= 11 is 55.3. The van der Waals surface area contributed by atoms with Crippen molar-refractivity contribution in [1.82, 2.24) is 0 Å². The van der Waals surface area contributed by atoms with Crippen LogP contribution in [-0.4, -0.2) is 12.6 Å². The molecule has 0 heterocycles. The van der Waals surface area contributed by atoms with E-state index in [1.165, 1.54) is 0 Å². The molecule has 0 aromatic rings. The maximum Gasteiger partial charge on any atom is 0.233 e. The van der Waals surface area contributed by atoms with Gasteiger partial charge >= 0.3 is 0 Å². The summed E-state index contributed by atoms with van der Waals surface area (Å²) in [6.45, 7) is 0. The third kappa shape index (κ3) is 5.33. The second-order valence-electron chi connectivity index (χ2n) is 2.14. The number of nitrogens with zero attached hydrogens (tertiary/aromatic N) is 1. The van der Waals surface area contributed by atoms with E-state index in [1.54, 1.807) is 0 Å². The Labute approximate surface area is 136 Å². The van der Waals surface area contributed by atoms with E-state index in [4.69, 9.17) is 115 Å². The fourth-order valence-corrected chi connectivity index (χ4v) is 4.64. The first-order valence-corrected chi connectivity index (χ1v) is 9.86. The average molecular weight is 436 g/mol. The van der Waals surface area contributed by atoms with Crippen molar-refractivity contribution >= 4 is 120 Å². The number of rotatable bonds is 1. The van der Waals surface area contributed by atoms with Gasteiger partial charge < -0.3 is 0 Å². The molecule has 1 nitrogen and oxygen atoms in total. The van der Waals surface area contributed by atoms with Gasteiger partial charge in [-0.05, 0) is 33.7 Å². The van der Waals surface area contributed by atoms with Crippen molar-refractivity contribution in [3.63, 3.8) is 0 Å². The van der Waals surface area contributed by atoms with Crippen molar-refractivity contribution < 1.29 is 0 Å². The van der Waals surface area contributed by atoms with Crippen LogP contribution in [0.2, 0.25) is 0 Å². The molecule has 0 fully saturated rings. The molecule has 0 N–H and O–H groups in total. The summed E-state index contributed by atoms with van der Waals surface area (Å²) in [6.07, 6.45) is 0. The number of hydrogen-bond donors (Lipinski definition) is 0. The summed E-state index contributed by atoms with van der Waals surface area (Å²) in [5.41, 5.74) is 0. The van der Waals surface area contributed by atoms with Crippen LogP contribution in [0, 0.1) is 0 Å². The molecule has 0 radical (unpaired) electrons. The van der Waals surface area contributed by atoms with E-state index < -0.39 is 17.7 Å². The molecule has 0 amide bonds. The molecule has 0 saturated carbocycles. The van der Waals surface area contributed by atoms with Crippen LogP contribution in [0.15, 0.2) is 4.74 Å². The van der Waals surface area contributed by atoms with Crippen LogP contribution >= 0.6 is 120 Å².